The lowest BCUT2D eigenvalue weighted by Gasteiger charge is -2.10. The molecule has 19 heavy (non-hydrogen) atoms. The molecule has 0 unspecified atom stereocenters. The summed E-state index contributed by atoms with van der Waals surface area (Å²) in [5.41, 5.74) is 15.4. The highest BCUT2D eigenvalue weighted by Gasteiger charge is 2.09. The zero-order chi connectivity index (χ0) is 13.8. The van der Waals surface area contributed by atoms with Crippen LogP contribution in [-0.4, -0.2) is 11.1 Å². The van der Waals surface area contributed by atoms with E-state index in [1.54, 1.807) is 18.2 Å². The topological polar surface area (TPSA) is 89.3 Å². The molecular weight excluding hydrogens is 240 g/mol. The smallest absolute Gasteiger partial charge is 0.335 e. The molecule has 0 saturated heterocycles. The zero-order valence-corrected chi connectivity index (χ0v) is 10.5. The van der Waals surface area contributed by atoms with Crippen LogP contribution in [0.4, 0.5) is 0 Å². The first-order valence-electron chi connectivity index (χ1n) is 6.01. The van der Waals surface area contributed by atoms with Crippen molar-refractivity contribution in [1.82, 2.24) is 0 Å². The Bertz CT molecular complexity index is 609. The zero-order valence-electron chi connectivity index (χ0n) is 10.5. The summed E-state index contributed by atoms with van der Waals surface area (Å²) in [6.45, 7) is 0.766. The molecule has 0 fully saturated rings. The van der Waals surface area contributed by atoms with Gasteiger partial charge in [-0.2, -0.15) is 0 Å². The van der Waals surface area contributed by atoms with Gasteiger partial charge >= 0.3 is 5.97 Å². The molecule has 0 aliphatic heterocycles. The number of hydrogen-bond acceptors (Lipinski definition) is 3. The Labute approximate surface area is 111 Å². The number of carbonyl (C=O) groups is 1. The second kappa shape index (κ2) is 5.65. The van der Waals surface area contributed by atoms with Crippen molar-refractivity contribution < 1.29 is 9.90 Å². The van der Waals surface area contributed by atoms with Crippen LogP contribution in [-0.2, 0) is 13.1 Å². The van der Waals surface area contributed by atoms with Gasteiger partial charge < -0.3 is 16.6 Å². The largest absolute Gasteiger partial charge is 0.478 e. The maximum absolute atomic E-state index is 11.0. The van der Waals surface area contributed by atoms with Crippen molar-refractivity contribution in [1.29, 1.82) is 0 Å². The summed E-state index contributed by atoms with van der Waals surface area (Å²) in [6, 6.07) is 12.9. The van der Waals surface area contributed by atoms with Gasteiger partial charge in [-0.1, -0.05) is 24.3 Å². The lowest BCUT2D eigenvalue weighted by atomic mass is 9.96. The SMILES string of the molecule is NCc1cccc(-c2ccc(C(=O)O)cc2CN)c1. The van der Waals surface area contributed by atoms with E-state index in [0.717, 1.165) is 22.3 Å². The van der Waals surface area contributed by atoms with Gasteiger partial charge in [-0.25, -0.2) is 4.79 Å². The third-order valence-corrected chi connectivity index (χ3v) is 3.05. The average Bonchev–Trinajstić information content (AvgIpc) is 2.46. The van der Waals surface area contributed by atoms with Gasteiger partial charge in [-0.15, -0.1) is 0 Å². The molecule has 0 aliphatic rings. The van der Waals surface area contributed by atoms with Crippen LogP contribution in [0.1, 0.15) is 21.5 Å². The molecule has 0 aromatic heterocycles. The molecule has 0 bridgehead atoms. The normalized spacial score (nSPS) is 10.4. The molecular formula is C15H16N2O2. The molecule has 2 aromatic carbocycles. The highest BCUT2D eigenvalue weighted by molar-refractivity contribution is 5.89. The van der Waals surface area contributed by atoms with Gasteiger partial charge in [0.2, 0.25) is 0 Å². The fraction of sp³-hybridized carbons (Fsp3) is 0.133. The van der Waals surface area contributed by atoms with Crippen molar-refractivity contribution in [2.45, 2.75) is 13.1 Å². The molecule has 98 valence electrons. The lowest BCUT2D eigenvalue weighted by Crippen LogP contribution is -2.04. The number of carboxylic acid groups (broad SMARTS) is 1. The van der Waals surface area contributed by atoms with Crippen LogP contribution in [0.2, 0.25) is 0 Å². The van der Waals surface area contributed by atoms with Gasteiger partial charge in [0.05, 0.1) is 5.56 Å². The molecule has 0 amide bonds. The predicted octanol–water partition coefficient (Wildman–Crippen LogP) is 1.97. The Balaban J connectivity index is 2.51. The van der Waals surface area contributed by atoms with E-state index in [-0.39, 0.29) is 5.56 Å². The number of benzene rings is 2. The molecule has 0 atom stereocenters. The van der Waals surface area contributed by atoms with Crippen LogP contribution >= 0.6 is 0 Å². The van der Waals surface area contributed by atoms with Gasteiger partial charge in [0.15, 0.2) is 0 Å². The quantitative estimate of drug-likeness (QED) is 0.780. The molecule has 5 N–H and O–H groups in total. The number of aromatic carboxylic acids is 1. The minimum Gasteiger partial charge on any atom is -0.478 e. The summed E-state index contributed by atoms with van der Waals surface area (Å²) in [5, 5.41) is 8.99. The van der Waals surface area contributed by atoms with Crippen LogP contribution in [0.5, 0.6) is 0 Å². The van der Waals surface area contributed by atoms with E-state index >= 15 is 0 Å². The van der Waals surface area contributed by atoms with Crippen molar-refractivity contribution in [2.75, 3.05) is 0 Å². The molecule has 0 saturated carbocycles. The number of nitrogens with two attached hydrogens (primary N) is 2. The van der Waals surface area contributed by atoms with Gasteiger partial charge in [-0.05, 0) is 40.5 Å². The third-order valence-electron chi connectivity index (χ3n) is 3.05. The molecule has 2 aromatic rings. The van der Waals surface area contributed by atoms with Crippen molar-refractivity contribution >= 4 is 5.97 Å². The van der Waals surface area contributed by atoms with E-state index in [9.17, 15) is 4.79 Å². The summed E-state index contributed by atoms with van der Waals surface area (Å²) in [7, 11) is 0. The highest BCUT2D eigenvalue weighted by atomic mass is 16.4. The fourth-order valence-corrected chi connectivity index (χ4v) is 2.04. The van der Waals surface area contributed by atoms with Crippen LogP contribution in [0.15, 0.2) is 42.5 Å². The minimum absolute atomic E-state index is 0.249. The molecule has 0 spiro atoms. The monoisotopic (exact) mass is 256 g/mol. The first kappa shape index (κ1) is 13.3. The molecule has 0 radical (unpaired) electrons. The van der Waals surface area contributed by atoms with E-state index in [2.05, 4.69) is 0 Å². The summed E-state index contributed by atoms with van der Waals surface area (Å²) >= 11 is 0. The summed E-state index contributed by atoms with van der Waals surface area (Å²) in [5.74, 6) is -0.947. The highest BCUT2D eigenvalue weighted by Crippen LogP contribution is 2.25. The molecule has 4 heteroatoms. The Hall–Kier alpha value is -2.17. The van der Waals surface area contributed by atoms with Crippen molar-refractivity contribution in [3.8, 4) is 11.1 Å². The summed E-state index contributed by atoms with van der Waals surface area (Å²) < 4.78 is 0. The van der Waals surface area contributed by atoms with Crippen LogP contribution < -0.4 is 11.5 Å². The maximum Gasteiger partial charge on any atom is 0.335 e. The van der Waals surface area contributed by atoms with Crippen molar-refractivity contribution in [3.63, 3.8) is 0 Å². The molecule has 0 aliphatic carbocycles. The van der Waals surface area contributed by atoms with Crippen molar-refractivity contribution in [2.24, 2.45) is 11.5 Å². The van der Waals surface area contributed by atoms with Crippen molar-refractivity contribution in [3.05, 3.63) is 59.2 Å². The summed E-state index contributed by atoms with van der Waals surface area (Å²) in [4.78, 5) is 11.0. The van der Waals surface area contributed by atoms with Crippen LogP contribution in [0.3, 0.4) is 0 Å². The van der Waals surface area contributed by atoms with E-state index in [1.165, 1.54) is 0 Å². The van der Waals surface area contributed by atoms with Gasteiger partial charge in [-0.3, -0.25) is 0 Å². The third kappa shape index (κ3) is 2.81. The van der Waals surface area contributed by atoms with Crippen LogP contribution in [0.25, 0.3) is 11.1 Å². The first-order valence-corrected chi connectivity index (χ1v) is 6.01. The average molecular weight is 256 g/mol. The van der Waals surface area contributed by atoms with E-state index < -0.39 is 5.97 Å². The predicted molar refractivity (Wildman–Crippen MR) is 74.6 cm³/mol. The number of carboxylic acids is 1. The lowest BCUT2D eigenvalue weighted by molar-refractivity contribution is 0.0697. The van der Waals surface area contributed by atoms with E-state index in [1.807, 2.05) is 24.3 Å². The van der Waals surface area contributed by atoms with Gasteiger partial charge in [0, 0.05) is 13.1 Å². The Morgan fingerprint density at radius 3 is 2.47 bits per heavy atom. The molecule has 4 nitrogen and oxygen atoms in total. The molecule has 2 rings (SSSR count). The minimum atomic E-state index is -0.947. The van der Waals surface area contributed by atoms with Gasteiger partial charge in [0.1, 0.15) is 0 Å². The maximum atomic E-state index is 11.0. The Morgan fingerprint density at radius 2 is 1.84 bits per heavy atom. The number of hydrogen-bond donors (Lipinski definition) is 3. The van der Waals surface area contributed by atoms with E-state index in [0.29, 0.717) is 13.1 Å². The molecule has 0 heterocycles. The first-order chi connectivity index (χ1) is 9.15. The standard InChI is InChI=1S/C15H16N2O2/c16-8-10-2-1-3-11(6-10)14-5-4-12(15(18)19)7-13(14)9-17/h1-7H,8-9,16-17H2,(H,18,19). The second-order valence-corrected chi connectivity index (χ2v) is 4.29. The number of rotatable bonds is 4. The summed E-state index contributed by atoms with van der Waals surface area (Å²) in [6.07, 6.45) is 0. The Morgan fingerprint density at radius 1 is 1.05 bits per heavy atom. The Kier molecular flexibility index (Phi) is 3.94. The van der Waals surface area contributed by atoms with E-state index in [4.69, 9.17) is 16.6 Å². The second-order valence-electron chi connectivity index (χ2n) is 4.29. The van der Waals surface area contributed by atoms with Crippen LogP contribution in [0, 0.1) is 0 Å². The van der Waals surface area contributed by atoms with Gasteiger partial charge in [0.25, 0.3) is 0 Å². The fourth-order valence-electron chi connectivity index (χ4n) is 2.04.